The van der Waals surface area contributed by atoms with E-state index in [1.807, 2.05) is 37.5 Å². The molecule has 0 spiro atoms. The highest BCUT2D eigenvalue weighted by atomic mass is 15.0. The number of benzene rings is 2. The molecular weight excluding hydrogens is 332 g/mol. The lowest BCUT2D eigenvalue weighted by atomic mass is 10.1. The van der Waals surface area contributed by atoms with Gasteiger partial charge in [0, 0.05) is 43.5 Å². The fraction of sp³-hybridized carbons (Fsp3) is 0.130. The lowest BCUT2D eigenvalue weighted by Crippen LogP contribution is -2.39. The molecule has 0 bridgehead atoms. The minimum Gasteiger partial charge on any atom is -0.252 e. The normalized spacial score (nSPS) is 10.7. The Labute approximate surface area is 158 Å². The summed E-state index contributed by atoms with van der Waals surface area (Å²) < 4.78 is 4.32. The van der Waals surface area contributed by atoms with E-state index in [1.54, 1.807) is 6.20 Å². The van der Waals surface area contributed by atoms with Crippen molar-refractivity contribution in [2.45, 2.75) is 20.8 Å². The number of hydrogen-bond donors (Lipinski definition) is 0. The number of hydrogen-bond acceptors (Lipinski definition) is 1. The maximum atomic E-state index is 7.60. The van der Waals surface area contributed by atoms with Gasteiger partial charge in [0.15, 0.2) is 17.6 Å². The first-order chi connectivity index (χ1) is 13.1. The summed E-state index contributed by atoms with van der Waals surface area (Å²) in [5.74, 6) is 0. The van der Waals surface area contributed by atoms with Gasteiger partial charge in [-0.2, -0.15) is 9.13 Å². The summed E-state index contributed by atoms with van der Waals surface area (Å²) in [6.45, 7) is 13.8. The molecule has 0 saturated carbocycles. The highest BCUT2D eigenvalue weighted by Crippen LogP contribution is 2.25. The predicted octanol–water partition coefficient (Wildman–Crippen LogP) is 4.26. The average Bonchev–Trinajstić information content (AvgIpc) is 2.69. The molecule has 2 aromatic heterocycles. The van der Waals surface area contributed by atoms with E-state index >= 15 is 0 Å². The van der Waals surface area contributed by atoms with Crippen molar-refractivity contribution in [1.82, 2.24) is 4.98 Å². The van der Waals surface area contributed by atoms with Gasteiger partial charge in [0.2, 0.25) is 22.6 Å². The molecule has 2 heterocycles. The molecule has 4 heteroatoms. The van der Waals surface area contributed by atoms with Crippen molar-refractivity contribution in [1.29, 1.82) is 0 Å². The van der Waals surface area contributed by atoms with Crippen molar-refractivity contribution >= 4 is 16.6 Å². The van der Waals surface area contributed by atoms with Gasteiger partial charge in [0.1, 0.15) is 0 Å². The van der Waals surface area contributed by atoms with Gasteiger partial charge in [-0.05, 0) is 19.1 Å². The van der Waals surface area contributed by atoms with Crippen molar-refractivity contribution in [3.8, 4) is 11.4 Å². The number of pyridine rings is 1. The van der Waals surface area contributed by atoms with Crippen LogP contribution in [0.2, 0.25) is 0 Å². The zero-order valence-corrected chi connectivity index (χ0v) is 15.6. The fourth-order valence-corrected chi connectivity index (χ4v) is 3.55. The van der Waals surface area contributed by atoms with Crippen LogP contribution < -0.4 is 9.13 Å². The third-order valence-electron chi connectivity index (χ3n) is 4.94. The molecule has 130 valence electrons. The maximum Gasteiger partial charge on any atom is 0.218 e. The molecule has 0 radical (unpaired) electrons. The van der Waals surface area contributed by atoms with E-state index < -0.39 is 0 Å². The molecule has 2 aromatic carbocycles. The Balaban J connectivity index is 2.10. The van der Waals surface area contributed by atoms with Crippen molar-refractivity contribution in [3.05, 3.63) is 95.5 Å². The van der Waals surface area contributed by atoms with E-state index in [-0.39, 0.29) is 0 Å². The van der Waals surface area contributed by atoms with Gasteiger partial charge in [-0.3, -0.25) is 4.98 Å². The Morgan fingerprint density at radius 3 is 2.48 bits per heavy atom. The number of nitrogens with zero attached hydrogens (tertiary/aromatic N) is 4. The van der Waals surface area contributed by atoms with Crippen molar-refractivity contribution in [2.24, 2.45) is 0 Å². The molecule has 0 saturated heterocycles. The predicted molar refractivity (Wildman–Crippen MR) is 105 cm³/mol. The molecule has 0 unspecified atom stereocenters. The number of aryl methyl sites for hydroxylation is 2. The first-order valence-corrected chi connectivity index (χ1v) is 8.85. The molecule has 0 N–H and O–H groups in total. The Hall–Kier alpha value is -3.58. The minimum absolute atomic E-state index is 0.620. The third kappa shape index (κ3) is 2.84. The van der Waals surface area contributed by atoms with Gasteiger partial charge in [-0.15, -0.1) is 0 Å². The topological polar surface area (TPSA) is 25.0 Å². The largest absolute Gasteiger partial charge is 0.252 e. The zero-order valence-electron chi connectivity index (χ0n) is 15.6. The number of aromatic nitrogens is 3. The van der Waals surface area contributed by atoms with Crippen LogP contribution in [0.1, 0.15) is 17.0 Å². The lowest BCUT2D eigenvalue weighted by molar-refractivity contribution is -0.606. The number of rotatable bonds is 2. The molecule has 0 atom stereocenters. The first-order valence-electron chi connectivity index (χ1n) is 8.85. The van der Waals surface area contributed by atoms with Crippen LogP contribution in [-0.2, 0) is 0 Å². The van der Waals surface area contributed by atoms with Crippen LogP contribution in [0.3, 0.4) is 0 Å². The van der Waals surface area contributed by atoms with Crippen LogP contribution in [0.25, 0.3) is 27.1 Å². The Bertz CT molecular complexity index is 1220. The summed E-state index contributed by atoms with van der Waals surface area (Å²) in [4.78, 5) is 7.92. The van der Waals surface area contributed by atoms with Gasteiger partial charge < -0.3 is 0 Å². The summed E-state index contributed by atoms with van der Waals surface area (Å²) in [5.41, 5.74) is 7.04. The van der Waals surface area contributed by atoms with E-state index in [0.29, 0.717) is 5.69 Å². The monoisotopic (exact) mass is 352 g/mol. The van der Waals surface area contributed by atoms with Crippen LogP contribution >= 0.6 is 0 Å². The Morgan fingerprint density at radius 1 is 0.926 bits per heavy atom. The van der Waals surface area contributed by atoms with Crippen LogP contribution in [0.4, 0.5) is 5.69 Å². The molecular formula is C23H20N4+2. The number of para-hydroxylation sites is 1. The second-order valence-electron chi connectivity index (χ2n) is 6.68. The smallest absolute Gasteiger partial charge is 0.218 e. The average molecular weight is 352 g/mol. The van der Waals surface area contributed by atoms with Gasteiger partial charge in [0.25, 0.3) is 0 Å². The fourth-order valence-electron chi connectivity index (χ4n) is 3.55. The van der Waals surface area contributed by atoms with Gasteiger partial charge in [0.05, 0.1) is 24.5 Å². The molecule has 27 heavy (non-hydrogen) atoms. The Morgan fingerprint density at radius 2 is 1.70 bits per heavy atom. The van der Waals surface area contributed by atoms with E-state index in [1.165, 1.54) is 5.39 Å². The number of fused-ring (bicyclic) bond motifs is 1. The SMILES string of the molecule is [C-]#[N+]c1cc(-[n+]2ccncc2C)c(C)c(-[n+]2c(C)ccc3ccccc32)c1. The van der Waals surface area contributed by atoms with Crippen LogP contribution in [0.15, 0.2) is 67.1 Å². The molecule has 0 aliphatic carbocycles. The second-order valence-corrected chi connectivity index (χ2v) is 6.68. The summed E-state index contributed by atoms with van der Waals surface area (Å²) in [6, 6.07) is 16.5. The highest BCUT2D eigenvalue weighted by molar-refractivity contribution is 5.76. The van der Waals surface area contributed by atoms with Gasteiger partial charge in [-0.25, -0.2) is 4.85 Å². The summed E-state index contributed by atoms with van der Waals surface area (Å²) in [7, 11) is 0. The second kappa shape index (κ2) is 6.62. The first kappa shape index (κ1) is 16.9. The van der Waals surface area contributed by atoms with Crippen molar-refractivity contribution in [2.75, 3.05) is 0 Å². The summed E-state index contributed by atoms with van der Waals surface area (Å²) in [5, 5.41) is 1.17. The molecule has 4 aromatic rings. The molecule has 4 nitrogen and oxygen atoms in total. The quantitative estimate of drug-likeness (QED) is 0.391. The van der Waals surface area contributed by atoms with Crippen molar-refractivity contribution < 1.29 is 9.13 Å². The minimum atomic E-state index is 0.620. The molecule has 0 fully saturated rings. The summed E-state index contributed by atoms with van der Waals surface area (Å²) in [6.07, 6.45) is 5.54. The third-order valence-corrected chi connectivity index (χ3v) is 4.94. The summed E-state index contributed by atoms with van der Waals surface area (Å²) >= 11 is 0. The molecule has 0 amide bonds. The van der Waals surface area contributed by atoms with E-state index in [2.05, 4.69) is 63.1 Å². The maximum absolute atomic E-state index is 7.60. The zero-order chi connectivity index (χ0) is 19.0. The van der Waals surface area contributed by atoms with Crippen LogP contribution in [0.5, 0.6) is 0 Å². The molecule has 4 rings (SSSR count). The van der Waals surface area contributed by atoms with Crippen LogP contribution in [-0.4, -0.2) is 4.98 Å². The molecule has 0 aliphatic heterocycles. The lowest BCUT2D eigenvalue weighted by Gasteiger charge is -2.09. The van der Waals surface area contributed by atoms with Crippen molar-refractivity contribution in [3.63, 3.8) is 0 Å². The molecule has 0 aliphatic rings. The van der Waals surface area contributed by atoms with E-state index in [4.69, 9.17) is 6.57 Å². The standard InChI is InChI=1S/C23H20N4/c1-16-9-10-19-7-5-6-8-21(19)27(16)23-14-20(24-4)13-22(18(23)3)26-12-11-25-15-17(26)2/h5-15H,1-3H3/q+2. The van der Waals surface area contributed by atoms with Gasteiger partial charge >= 0.3 is 0 Å². The van der Waals surface area contributed by atoms with Crippen LogP contribution in [0, 0.1) is 27.3 Å². The Kier molecular flexibility index (Phi) is 4.13. The van der Waals surface area contributed by atoms with E-state index in [9.17, 15) is 0 Å². The van der Waals surface area contributed by atoms with E-state index in [0.717, 1.165) is 33.8 Å². The highest BCUT2D eigenvalue weighted by Gasteiger charge is 2.25. The van der Waals surface area contributed by atoms with Gasteiger partial charge in [-0.1, -0.05) is 12.1 Å².